The largest absolute Gasteiger partial charge is 0.484 e. The number of amides is 1. The van der Waals surface area contributed by atoms with Crippen molar-refractivity contribution < 1.29 is 28.6 Å². The van der Waals surface area contributed by atoms with Gasteiger partial charge in [-0.15, -0.1) is 0 Å². The maximum atomic E-state index is 12.8. The fraction of sp³-hybridized carbons (Fsp3) is 0.471. The second-order valence-corrected chi connectivity index (χ2v) is 6.56. The van der Waals surface area contributed by atoms with Crippen molar-refractivity contribution in [2.75, 3.05) is 6.61 Å². The molecule has 0 spiro atoms. The van der Waals surface area contributed by atoms with Crippen LogP contribution in [0.2, 0.25) is 0 Å². The molecule has 3 aliphatic carbocycles. The third-order valence-electron chi connectivity index (χ3n) is 5.09. The van der Waals surface area contributed by atoms with Crippen LogP contribution in [-0.2, 0) is 14.4 Å². The number of rotatable bonds is 5. The molecule has 0 aromatic heterocycles. The lowest BCUT2D eigenvalue weighted by molar-refractivity contribution is -0.164. The topological polar surface area (TPSA) is 92.7 Å². The lowest BCUT2D eigenvalue weighted by atomic mass is 9.56. The van der Waals surface area contributed by atoms with Crippen molar-refractivity contribution in [3.63, 3.8) is 0 Å². The van der Waals surface area contributed by atoms with Gasteiger partial charge in [0, 0.05) is 12.0 Å². The van der Waals surface area contributed by atoms with E-state index in [1.54, 1.807) is 0 Å². The minimum Gasteiger partial charge on any atom is -0.484 e. The SMILES string of the molecule is O=C(COc1ccc(F)cc1)NC12CCC(C(=O)O)(CC1)C(=O)C2. The van der Waals surface area contributed by atoms with Gasteiger partial charge in [-0.05, 0) is 49.9 Å². The average Bonchev–Trinajstić information content (AvgIpc) is 2.55. The van der Waals surface area contributed by atoms with Crippen molar-refractivity contribution in [3.8, 4) is 5.75 Å². The zero-order valence-corrected chi connectivity index (χ0v) is 13.0. The van der Waals surface area contributed by atoms with E-state index in [-0.39, 0.29) is 37.6 Å². The lowest BCUT2D eigenvalue weighted by Crippen LogP contribution is -2.62. The van der Waals surface area contributed by atoms with E-state index in [9.17, 15) is 23.9 Å². The molecule has 1 aromatic carbocycles. The summed E-state index contributed by atoms with van der Waals surface area (Å²) in [5, 5.41) is 12.2. The highest BCUT2D eigenvalue weighted by Gasteiger charge is 2.58. The minimum atomic E-state index is -1.27. The van der Waals surface area contributed by atoms with Gasteiger partial charge in [-0.1, -0.05) is 0 Å². The molecule has 2 bridgehead atoms. The highest BCUT2D eigenvalue weighted by molar-refractivity contribution is 6.05. The van der Waals surface area contributed by atoms with Crippen LogP contribution in [0.15, 0.2) is 24.3 Å². The number of carboxylic acids is 1. The average molecular weight is 335 g/mol. The molecule has 0 saturated heterocycles. The molecular weight excluding hydrogens is 317 g/mol. The van der Waals surface area contributed by atoms with E-state index in [0.29, 0.717) is 18.6 Å². The number of carbonyl (C=O) groups excluding carboxylic acids is 2. The molecule has 1 amide bonds. The van der Waals surface area contributed by atoms with Crippen molar-refractivity contribution >= 4 is 17.7 Å². The fourth-order valence-corrected chi connectivity index (χ4v) is 3.60. The lowest BCUT2D eigenvalue weighted by Gasteiger charge is -2.50. The number of hydrogen-bond donors (Lipinski definition) is 2. The van der Waals surface area contributed by atoms with Crippen LogP contribution in [0.25, 0.3) is 0 Å². The molecule has 3 saturated carbocycles. The molecule has 4 rings (SSSR count). The second-order valence-electron chi connectivity index (χ2n) is 6.56. The van der Waals surface area contributed by atoms with Crippen LogP contribution in [0, 0.1) is 11.2 Å². The Balaban J connectivity index is 1.58. The summed E-state index contributed by atoms with van der Waals surface area (Å²) in [6.07, 6.45) is 1.47. The third kappa shape index (κ3) is 2.86. The molecule has 24 heavy (non-hydrogen) atoms. The first-order valence-corrected chi connectivity index (χ1v) is 7.81. The van der Waals surface area contributed by atoms with E-state index in [0.717, 1.165) is 0 Å². The van der Waals surface area contributed by atoms with Gasteiger partial charge in [0.25, 0.3) is 5.91 Å². The highest BCUT2D eigenvalue weighted by atomic mass is 19.1. The molecule has 128 valence electrons. The van der Waals surface area contributed by atoms with E-state index in [4.69, 9.17) is 4.74 Å². The van der Waals surface area contributed by atoms with Gasteiger partial charge in [-0.2, -0.15) is 0 Å². The minimum absolute atomic E-state index is 0.0432. The summed E-state index contributed by atoms with van der Waals surface area (Å²) >= 11 is 0. The molecule has 3 aliphatic rings. The van der Waals surface area contributed by atoms with Crippen molar-refractivity contribution in [2.45, 2.75) is 37.6 Å². The summed E-state index contributed by atoms with van der Waals surface area (Å²) in [6, 6.07) is 5.32. The van der Waals surface area contributed by atoms with E-state index < -0.39 is 22.7 Å². The fourth-order valence-electron chi connectivity index (χ4n) is 3.60. The number of carboxylic acid groups (broad SMARTS) is 1. The van der Waals surface area contributed by atoms with Crippen LogP contribution in [0.1, 0.15) is 32.1 Å². The number of aliphatic carboxylic acids is 1. The summed E-state index contributed by atoms with van der Waals surface area (Å²) in [6.45, 7) is -0.244. The molecule has 0 radical (unpaired) electrons. The Hall–Kier alpha value is -2.44. The van der Waals surface area contributed by atoms with Crippen LogP contribution in [0.4, 0.5) is 4.39 Å². The number of halogens is 1. The first-order valence-electron chi connectivity index (χ1n) is 7.81. The number of fused-ring (bicyclic) bond motifs is 3. The number of carbonyl (C=O) groups is 3. The molecule has 0 atom stereocenters. The van der Waals surface area contributed by atoms with Gasteiger partial charge in [0.15, 0.2) is 12.4 Å². The summed E-state index contributed by atoms with van der Waals surface area (Å²) in [7, 11) is 0. The van der Waals surface area contributed by atoms with Crippen molar-refractivity contribution in [1.82, 2.24) is 5.32 Å². The summed E-state index contributed by atoms with van der Waals surface area (Å²) in [5.41, 5.74) is -1.94. The maximum Gasteiger partial charge on any atom is 0.317 e. The van der Waals surface area contributed by atoms with Gasteiger partial charge in [0.05, 0.1) is 0 Å². The predicted molar refractivity (Wildman–Crippen MR) is 80.9 cm³/mol. The molecule has 6 nitrogen and oxygen atoms in total. The standard InChI is InChI=1S/C17H18FNO5/c18-11-1-3-12(4-2-11)24-10-14(21)19-16-5-7-17(8-6-16,15(22)23)13(20)9-16/h1-4H,5-10H2,(H,19,21)(H,22,23). The predicted octanol–water partition coefficient (Wildman–Crippen LogP) is 1.68. The number of ether oxygens (including phenoxy) is 1. The van der Waals surface area contributed by atoms with Crippen LogP contribution < -0.4 is 10.1 Å². The number of Topliss-reactive ketones (excluding diaryl/α,β-unsaturated/α-hetero) is 1. The summed E-state index contributed by atoms with van der Waals surface area (Å²) in [4.78, 5) is 35.7. The first-order chi connectivity index (χ1) is 11.4. The Kier molecular flexibility index (Phi) is 4.03. The van der Waals surface area contributed by atoms with Crippen molar-refractivity contribution in [2.24, 2.45) is 5.41 Å². The molecule has 1 aromatic rings. The number of benzene rings is 1. The quantitative estimate of drug-likeness (QED) is 0.799. The van der Waals surface area contributed by atoms with Crippen molar-refractivity contribution in [1.29, 1.82) is 0 Å². The van der Waals surface area contributed by atoms with Gasteiger partial charge in [0.1, 0.15) is 17.0 Å². The highest BCUT2D eigenvalue weighted by Crippen LogP contribution is 2.50. The number of hydrogen-bond acceptors (Lipinski definition) is 4. The zero-order valence-electron chi connectivity index (χ0n) is 13.0. The summed E-state index contributed by atoms with van der Waals surface area (Å²) < 4.78 is 18.1. The monoisotopic (exact) mass is 335 g/mol. The Labute approximate surface area is 138 Å². The Morgan fingerprint density at radius 2 is 1.79 bits per heavy atom. The molecule has 0 heterocycles. The first kappa shape index (κ1) is 16.4. The molecule has 0 aliphatic heterocycles. The second kappa shape index (κ2) is 5.89. The summed E-state index contributed by atoms with van der Waals surface area (Å²) in [5.74, 6) is -1.77. The van der Waals surface area contributed by atoms with Crippen LogP contribution >= 0.6 is 0 Å². The molecule has 3 fully saturated rings. The van der Waals surface area contributed by atoms with Crippen molar-refractivity contribution in [3.05, 3.63) is 30.1 Å². The zero-order chi connectivity index (χ0) is 17.4. The van der Waals surface area contributed by atoms with E-state index >= 15 is 0 Å². The van der Waals surface area contributed by atoms with Crippen LogP contribution in [0.3, 0.4) is 0 Å². The Morgan fingerprint density at radius 1 is 1.17 bits per heavy atom. The van der Waals surface area contributed by atoms with Gasteiger partial charge >= 0.3 is 5.97 Å². The van der Waals surface area contributed by atoms with E-state index in [1.807, 2.05) is 0 Å². The van der Waals surface area contributed by atoms with Crippen LogP contribution in [0.5, 0.6) is 5.75 Å². The smallest absolute Gasteiger partial charge is 0.317 e. The maximum absolute atomic E-state index is 12.8. The molecule has 0 unspecified atom stereocenters. The van der Waals surface area contributed by atoms with Crippen LogP contribution in [-0.4, -0.2) is 34.9 Å². The molecule has 2 N–H and O–H groups in total. The van der Waals surface area contributed by atoms with Gasteiger partial charge in [-0.3, -0.25) is 14.4 Å². The Bertz CT molecular complexity index is 677. The normalized spacial score (nSPS) is 28.5. The van der Waals surface area contributed by atoms with Gasteiger partial charge < -0.3 is 15.2 Å². The van der Waals surface area contributed by atoms with Gasteiger partial charge in [-0.25, -0.2) is 4.39 Å². The third-order valence-corrected chi connectivity index (χ3v) is 5.09. The Morgan fingerprint density at radius 3 is 2.33 bits per heavy atom. The van der Waals surface area contributed by atoms with Gasteiger partial charge in [0.2, 0.25) is 0 Å². The molecule has 7 heteroatoms. The van der Waals surface area contributed by atoms with E-state index in [2.05, 4.69) is 5.32 Å². The number of ketones is 1. The van der Waals surface area contributed by atoms with E-state index in [1.165, 1.54) is 24.3 Å². The molecular formula is C17H18FNO5. The number of nitrogens with one attached hydrogen (secondary N) is 1.